The van der Waals surface area contributed by atoms with E-state index >= 15 is 0 Å². The summed E-state index contributed by atoms with van der Waals surface area (Å²) in [5.74, 6) is -0.0744. The number of benzene rings is 2. The van der Waals surface area contributed by atoms with Gasteiger partial charge in [-0.05, 0) is 69.1 Å². The Morgan fingerprint density at radius 3 is 2.12 bits per heavy atom. The SMILES string of the molecule is Cc1ccc(S(=O)(=O)N2CCN(CC(=O)Nc3ccc(CCN4CCCC4)cc3)CC2)cc1. The van der Waals surface area contributed by atoms with Crippen molar-refractivity contribution in [2.75, 3.05) is 57.7 Å². The molecule has 2 aromatic rings. The van der Waals surface area contributed by atoms with Crippen LogP contribution in [-0.4, -0.2) is 80.8 Å². The van der Waals surface area contributed by atoms with E-state index in [4.69, 9.17) is 0 Å². The number of aryl methyl sites for hydroxylation is 1. The molecule has 0 unspecified atom stereocenters. The standard InChI is InChI=1S/C25H34N4O3S/c1-21-4-10-24(11-5-21)33(31,32)29-18-16-28(17-19-29)20-25(30)26-23-8-6-22(7-9-23)12-15-27-13-2-3-14-27/h4-11H,2-3,12-20H2,1H3,(H,26,30). The Labute approximate surface area is 197 Å². The highest BCUT2D eigenvalue weighted by atomic mass is 32.2. The lowest BCUT2D eigenvalue weighted by atomic mass is 10.1. The number of piperazine rings is 1. The van der Waals surface area contributed by atoms with Crippen molar-refractivity contribution in [3.8, 4) is 0 Å². The zero-order valence-electron chi connectivity index (χ0n) is 19.4. The van der Waals surface area contributed by atoms with Crippen molar-refractivity contribution < 1.29 is 13.2 Å². The Kier molecular flexibility index (Phi) is 7.80. The van der Waals surface area contributed by atoms with E-state index in [1.54, 1.807) is 12.1 Å². The van der Waals surface area contributed by atoms with Gasteiger partial charge in [-0.3, -0.25) is 9.69 Å². The molecule has 2 aliphatic rings. The molecule has 178 valence electrons. The number of nitrogens with zero attached hydrogens (tertiary/aromatic N) is 3. The molecule has 7 nitrogen and oxygen atoms in total. The van der Waals surface area contributed by atoms with Gasteiger partial charge in [-0.15, -0.1) is 0 Å². The van der Waals surface area contributed by atoms with Crippen molar-refractivity contribution in [1.82, 2.24) is 14.1 Å². The van der Waals surface area contributed by atoms with E-state index < -0.39 is 10.0 Å². The summed E-state index contributed by atoms with van der Waals surface area (Å²) in [4.78, 5) is 17.3. The molecule has 0 aliphatic carbocycles. The van der Waals surface area contributed by atoms with Gasteiger partial charge in [0.05, 0.1) is 11.4 Å². The first-order chi connectivity index (χ1) is 15.9. The van der Waals surface area contributed by atoms with Crippen LogP contribution in [0, 0.1) is 6.92 Å². The van der Waals surface area contributed by atoms with Crippen LogP contribution in [-0.2, 0) is 21.2 Å². The van der Waals surface area contributed by atoms with E-state index in [1.165, 1.54) is 35.8 Å². The Morgan fingerprint density at radius 2 is 1.48 bits per heavy atom. The Hall–Kier alpha value is -2.26. The number of amides is 1. The van der Waals surface area contributed by atoms with Gasteiger partial charge < -0.3 is 10.2 Å². The minimum Gasteiger partial charge on any atom is -0.325 e. The lowest BCUT2D eigenvalue weighted by Gasteiger charge is -2.33. The number of anilines is 1. The van der Waals surface area contributed by atoms with Crippen LogP contribution in [0.4, 0.5) is 5.69 Å². The molecule has 2 saturated heterocycles. The number of rotatable bonds is 8. The second kappa shape index (κ2) is 10.8. The zero-order valence-corrected chi connectivity index (χ0v) is 20.2. The normalized spacial score (nSPS) is 18.5. The Balaban J connectivity index is 1.21. The quantitative estimate of drug-likeness (QED) is 0.642. The Morgan fingerprint density at radius 1 is 0.848 bits per heavy atom. The third-order valence-electron chi connectivity index (χ3n) is 6.51. The molecule has 2 fully saturated rings. The second-order valence-electron chi connectivity index (χ2n) is 9.04. The van der Waals surface area contributed by atoms with E-state index in [2.05, 4.69) is 22.3 Å². The molecule has 2 aliphatic heterocycles. The number of hydrogen-bond acceptors (Lipinski definition) is 5. The molecule has 2 heterocycles. The molecule has 1 N–H and O–H groups in total. The predicted molar refractivity (Wildman–Crippen MR) is 131 cm³/mol. The summed E-state index contributed by atoms with van der Waals surface area (Å²) in [5.41, 5.74) is 3.11. The van der Waals surface area contributed by atoms with Gasteiger partial charge in [0.2, 0.25) is 15.9 Å². The van der Waals surface area contributed by atoms with Crippen LogP contribution in [0.3, 0.4) is 0 Å². The van der Waals surface area contributed by atoms with Gasteiger partial charge in [0, 0.05) is 38.4 Å². The molecular formula is C25H34N4O3S. The highest BCUT2D eigenvalue weighted by Gasteiger charge is 2.29. The van der Waals surface area contributed by atoms with E-state index in [0.717, 1.165) is 24.2 Å². The summed E-state index contributed by atoms with van der Waals surface area (Å²) < 4.78 is 27.2. The van der Waals surface area contributed by atoms with Crippen molar-refractivity contribution in [2.24, 2.45) is 0 Å². The molecule has 0 bridgehead atoms. The highest BCUT2D eigenvalue weighted by molar-refractivity contribution is 7.89. The monoisotopic (exact) mass is 470 g/mol. The largest absolute Gasteiger partial charge is 0.325 e. The average molecular weight is 471 g/mol. The van der Waals surface area contributed by atoms with Gasteiger partial charge in [0.25, 0.3) is 0 Å². The molecule has 33 heavy (non-hydrogen) atoms. The first-order valence-electron chi connectivity index (χ1n) is 11.8. The summed E-state index contributed by atoms with van der Waals surface area (Å²) in [7, 11) is -3.49. The summed E-state index contributed by atoms with van der Waals surface area (Å²) in [6.07, 6.45) is 3.65. The summed E-state index contributed by atoms with van der Waals surface area (Å²) in [5, 5.41) is 2.96. The first kappa shape index (κ1) is 23.9. The van der Waals surface area contributed by atoms with Crippen molar-refractivity contribution in [1.29, 1.82) is 0 Å². The maximum absolute atomic E-state index is 12.8. The third kappa shape index (κ3) is 6.41. The maximum atomic E-state index is 12.8. The van der Waals surface area contributed by atoms with E-state index in [1.807, 2.05) is 36.1 Å². The number of sulfonamides is 1. The molecule has 0 spiro atoms. The van der Waals surface area contributed by atoms with Gasteiger partial charge >= 0.3 is 0 Å². The first-order valence-corrected chi connectivity index (χ1v) is 13.2. The fourth-order valence-corrected chi connectivity index (χ4v) is 5.86. The molecule has 0 radical (unpaired) electrons. The van der Waals surface area contributed by atoms with Crippen LogP contribution in [0.2, 0.25) is 0 Å². The van der Waals surface area contributed by atoms with E-state index in [0.29, 0.717) is 31.1 Å². The van der Waals surface area contributed by atoms with Crippen molar-refractivity contribution in [2.45, 2.75) is 31.1 Å². The van der Waals surface area contributed by atoms with Crippen LogP contribution in [0.5, 0.6) is 0 Å². The molecule has 4 rings (SSSR count). The van der Waals surface area contributed by atoms with Crippen LogP contribution in [0.1, 0.15) is 24.0 Å². The predicted octanol–water partition coefficient (Wildman–Crippen LogP) is 2.58. The minimum absolute atomic E-state index is 0.0744. The van der Waals surface area contributed by atoms with Crippen LogP contribution in [0.25, 0.3) is 0 Å². The van der Waals surface area contributed by atoms with Gasteiger partial charge in [-0.1, -0.05) is 29.8 Å². The fraction of sp³-hybridized carbons (Fsp3) is 0.480. The number of nitrogens with one attached hydrogen (secondary N) is 1. The highest BCUT2D eigenvalue weighted by Crippen LogP contribution is 2.18. The number of likely N-dealkylation sites (tertiary alicyclic amines) is 1. The molecule has 8 heteroatoms. The van der Waals surface area contributed by atoms with Crippen LogP contribution >= 0.6 is 0 Å². The number of carbonyl (C=O) groups excluding carboxylic acids is 1. The molecule has 2 aromatic carbocycles. The second-order valence-corrected chi connectivity index (χ2v) is 11.0. The lowest BCUT2D eigenvalue weighted by Crippen LogP contribution is -2.50. The van der Waals surface area contributed by atoms with Crippen LogP contribution < -0.4 is 5.32 Å². The van der Waals surface area contributed by atoms with Gasteiger partial charge in [0.15, 0.2) is 0 Å². The molecule has 0 atom stereocenters. The van der Waals surface area contributed by atoms with Crippen molar-refractivity contribution in [3.05, 3.63) is 59.7 Å². The van der Waals surface area contributed by atoms with Gasteiger partial charge in [-0.25, -0.2) is 8.42 Å². The number of hydrogen-bond donors (Lipinski definition) is 1. The topological polar surface area (TPSA) is 73.0 Å². The van der Waals surface area contributed by atoms with Crippen molar-refractivity contribution in [3.63, 3.8) is 0 Å². The average Bonchev–Trinajstić information content (AvgIpc) is 3.33. The molecule has 1 amide bonds. The van der Waals surface area contributed by atoms with E-state index in [-0.39, 0.29) is 12.5 Å². The summed E-state index contributed by atoms with van der Waals surface area (Å²) in [6, 6.07) is 15.0. The summed E-state index contributed by atoms with van der Waals surface area (Å²) in [6.45, 7) is 7.55. The lowest BCUT2D eigenvalue weighted by molar-refractivity contribution is -0.117. The fourth-order valence-electron chi connectivity index (χ4n) is 4.44. The van der Waals surface area contributed by atoms with E-state index in [9.17, 15) is 13.2 Å². The number of carbonyl (C=O) groups is 1. The minimum atomic E-state index is -3.49. The Bertz CT molecular complexity index is 1020. The van der Waals surface area contributed by atoms with Gasteiger partial charge in [-0.2, -0.15) is 4.31 Å². The third-order valence-corrected chi connectivity index (χ3v) is 8.42. The zero-order chi connectivity index (χ0) is 23.3. The maximum Gasteiger partial charge on any atom is 0.243 e. The molecule has 0 aromatic heterocycles. The van der Waals surface area contributed by atoms with Gasteiger partial charge in [0.1, 0.15) is 0 Å². The smallest absolute Gasteiger partial charge is 0.243 e. The van der Waals surface area contributed by atoms with Crippen molar-refractivity contribution >= 4 is 21.6 Å². The molecule has 0 saturated carbocycles. The summed E-state index contributed by atoms with van der Waals surface area (Å²) >= 11 is 0. The van der Waals surface area contributed by atoms with Crippen LogP contribution in [0.15, 0.2) is 53.4 Å². The molecular weight excluding hydrogens is 436 g/mol.